The minimum absolute atomic E-state index is 0.0158. The first-order valence-electron chi connectivity index (χ1n) is 7.59. The molecular weight excluding hydrogens is 298 g/mol. The Bertz CT molecular complexity index is 727. The van der Waals surface area contributed by atoms with Gasteiger partial charge in [-0.05, 0) is 38.3 Å². The molecule has 7 nitrogen and oxygen atoms in total. The van der Waals surface area contributed by atoms with E-state index >= 15 is 0 Å². The lowest BCUT2D eigenvalue weighted by atomic mass is 10.1. The van der Waals surface area contributed by atoms with Crippen LogP contribution in [-0.4, -0.2) is 44.8 Å². The van der Waals surface area contributed by atoms with Crippen molar-refractivity contribution >= 4 is 11.9 Å². The fourth-order valence-corrected chi connectivity index (χ4v) is 2.84. The first-order valence-corrected chi connectivity index (χ1v) is 7.59. The molecule has 0 aliphatic carbocycles. The standard InChI is InChI=1S/C16H19N3O4/c1-10-6-14(23-11(10)2)15(20)18-5-3-4-13(9-18)19-8-12(7-17-19)16(21)22/h6-8,13H,3-5,9H2,1-2H3,(H,21,22)/t13-/m0/s1. The monoisotopic (exact) mass is 317 g/mol. The molecule has 1 saturated heterocycles. The summed E-state index contributed by atoms with van der Waals surface area (Å²) in [5, 5.41) is 13.1. The van der Waals surface area contributed by atoms with Gasteiger partial charge in [0.25, 0.3) is 5.91 Å². The summed E-state index contributed by atoms with van der Waals surface area (Å²) in [6.07, 6.45) is 4.56. The Hall–Kier alpha value is -2.57. The Morgan fingerprint density at radius 1 is 1.39 bits per heavy atom. The first kappa shape index (κ1) is 15.3. The fraction of sp³-hybridized carbons (Fsp3) is 0.438. The number of nitrogens with zero attached hydrogens (tertiary/aromatic N) is 3. The Balaban J connectivity index is 1.74. The van der Waals surface area contributed by atoms with Gasteiger partial charge in [-0.15, -0.1) is 0 Å². The maximum Gasteiger partial charge on any atom is 0.338 e. The van der Waals surface area contributed by atoms with Gasteiger partial charge in [0.2, 0.25) is 0 Å². The van der Waals surface area contributed by atoms with E-state index in [1.807, 2.05) is 13.8 Å². The Kier molecular flexibility index (Phi) is 3.94. The van der Waals surface area contributed by atoms with Crippen molar-refractivity contribution in [2.75, 3.05) is 13.1 Å². The van der Waals surface area contributed by atoms with Crippen molar-refractivity contribution in [1.29, 1.82) is 0 Å². The summed E-state index contributed by atoms with van der Waals surface area (Å²) in [4.78, 5) is 25.3. The molecule has 0 radical (unpaired) electrons. The van der Waals surface area contributed by atoms with E-state index in [1.54, 1.807) is 15.6 Å². The van der Waals surface area contributed by atoms with Crippen LogP contribution in [0.4, 0.5) is 0 Å². The molecule has 3 rings (SSSR count). The quantitative estimate of drug-likeness (QED) is 0.938. The summed E-state index contributed by atoms with van der Waals surface area (Å²) in [5.41, 5.74) is 1.12. The lowest BCUT2D eigenvalue weighted by Crippen LogP contribution is -2.40. The van der Waals surface area contributed by atoms with Gasteiger partial charge >= 0.3 is 5.97 Å². The van der Waals surface area contributed by atoms with Crippen LogP contribution in [0.25, 0.3) is 0 Å². The molecule has 0 aromatic carbocycles. The second-order valence-corrected chi connectivity index (χ2v) is 5.91. The maximum absolute atomic E-state index is 12.6. The fourth-order valence-electron chi connectivity index (χ4n) is 2.84. The molecule has 2 aromatic heterocycles. The van der Waals surface area contributed by atoms with Gasteiger partial charge in [-0.1, -0.05) is 0 Å². The lowest BCUT2D eigenvalue weighted by molar-refractivity contribution is 0.0636. The van der Waals surface area contributed by atoms with Crippen LogP contribution in [0.3, 0.4) is 0 Å². The Labute approximate surface area is 133 Å². The molecular formula is C16H19N3O4. The number of aryl methyl sites for hydroxylation is 2. The number of aromatic nitrogens is 2. The van der Waals surface area contributed by atoms with Gasteiger partial charge in [0, 0.05) is 19.3 Å². The Morgan fingerprint density at radius 3 is 2.78 bits per heavy atom. The van der Waals surface area contributed by atoms with Gasteiger partial charge in [-0.3, -0.25) is 9.48 Å². The first-order chi connectivity index (χ1) is 11.0. The molecule has 122 valence electrons. The molecule has 0 spiro atoms. The van der Waals surface area contributed by atoms with E-state index in [0.29, 0.717) is 18.8 Å². The molecule has 3 heterocycles. The number of carbonyl (C=O) groups excluding carboxylic acids is 1. The molecule has 7 heteroatoms. The van der Waals surface area contributed by atoms with Crippen molar-refractivity contribution in [2.24, 2.45) is 0 Å². The predicted molar refractivity (Wildman–Crippen MR) is 81.5 cm³/mol. The van der Waals surface area contributed by atoms with Crippen LogP contribution in [0.2, 0.25) is 0 Å². The topological polar surface area (TPSA) is 88.6 Å². The number of carbonyl (C=O) groups is 2. The minimum Gasteiger partial charge on any atom is -0.478 e. The third-order valence-electron chi connectivity index (χ3n) is 4.28. The van der Waals surface area contributed by atoms with E-state index in [1.165, 1.54) is 12.4 Å². The number of hydrogen-bond donors (Lipinski definition) is 1. The molecule has 1 aliphatic rings. The number of carboxylic acids is 1. The number of hydrogen-bond acceptors (Lipinski definition) is 4. The van der Waals surface area contributed by atoms with Crippen molar-refractivity contribution in [3.8, 4) is 0 Å². The van der Waals surface area contributed by atoms with E-state index in [2.05, 4.69) is 5.10 Å². The number of aromatic carboxylic acids is 1. The van der Waals surface area contributed by atoms with Crippen LogP contribution in [0.15, 0.2) is 22.9 Å². The third-order valence-corrected chi connectivity index (χ3v) is 4.28. The van der Waals surface area contributed by atoms with Gasteiger partial charge in [0.05, 0.1) is 17.8 Å². The number of furan rings is 1. The average molecular weight is 317 g/mol. The smallest absolute Gasteiger partial charge is 0.338 e. The molecule has 1 aliphatic heterocycles. The van der Waals surface area contributed by atoms with E-state index in [9.17, 15) is 9.59 Å². The number of piperidine rings is 1. The third kappa shape index (κ3) is 2.99. The van der Waals surface area contributed by atoms with Crippen LogP contribution in [0.1, 0.15) is 51.1 Å². The highest BCUT2D eigenvalue weighted by Crippen LogP contribution is 2.24. The van der Waals surface area contributed by atoms with Crippen molar-refractivity contribution < 1.29 is 19.1 Å². The highest BCUT2D eigenvalue weighted by Gasteiger charge is 2.28. The summed E-state index contributed by atoms with van der Waals surface area (Å²) >= 11 is 0. The zero-order valence-corrected chi connectivity index (χ0v) is 13.2. The molecule has 1 amide bonds. The van der Waals surface area contributed by atoms with Gasteiger partial charge in [-0.2, -0.15) is 5.10 Å². The lowest BCUT2D eigenvalue weighted by Gasteiger charge is -2.32. The van der Waals surface area contributed by atoms with Crippen LogP contribution < -0.4 is 0 Å². The molecule has 0 bridgehead atoms. The molecule has 1 fully saturated rings. The van der Waals surface area contributed by atoms with E-state index in [0.717, 1.165) is 24.2 Å². The molecule has 0 unspecified atom stereocenters. The number of likely N-dealkylation sites (tertiary alicyclic amines) is 1. The zero-order valence-electron chi connectivity index (χ0n) is 13.2. The van der Waals surface area contributed by atoms with Crippen LogP contribution in [0, 0.1) is 13.8 Å². The van der Waals surface area contributed by atoms with Gasteiger partial charge in [0.15, 0.2) is 5.76 Å². The SMILES string of the molecule is Cc1cc(C(=O)N2CCC[C@H](n3cc(C(=O)O)cn3)C2)oc1C. The molecule has 23 heavy (non-hydrogen) atoms. The highest BCUT2D eigenvalue weighted by molar-refractivity contribution is 5.92. The summed E-state index contributed by atoms with van der Waals surface area (Å²) in [6.45, 7) is 4.91. The normalized spacial score (nSPS) is 18.2. The van der Waals surface area contributed by atoms with E-state index in [4.69, 9.17) is 9.52 Å². The van der Waals surface area contributed by atoms with Crippen LogP contribution in [-0.2, 0) is 0 Å². The van der Waals surface area contributed by atoms with E-state index in [-0.39, 0.29) is 17.5 Å². The number of carboxylic acid groups (broad SMARTS) is 1. The van der Waals surface area contributed by atoms with Crippen LogP contribution >= 0.6 is 0 Å². The number of rotatable bonds is 3. The largest absolute Gasteiger partial charge is 0.478 e. The van der Waals surface area contributed by atoms with Gasteiger partial charge < -0.3 is 14.4 Å². The molecule has 1 N–H and O–H groups in total. The minimum atomic E-state index is -0.999. The Morgan fingerprint density at radius 2 is 2.17 bits per heavy atom. The van der Waals surface area contributed by atoms with Crippen molar-refractivity contribution in [3.63, 3.8) is 0 Å². The second-order valence-electron chi connectivity index (χ2n) is 5.91. The van der Waals surface area contributed by atoms with Crippen molar-refractivity contribution in [3.05, 3.63) is 41.1 Å². The summed E-state index contributed by atoms with van der Waals surface area (Å²) in [6, 6.07) is 1.75. The van der Waals surface area contributed by atoms with Crippen LogP contribution in [0.5, 0.6) is 0 Å². The van der Waals surface area contributed by atoms with Gasteiger partial charge in [0.1, 0.15) is 5.76 Å². The average Bonchev–Trinajstić information content (AvgIpc) is 3.15. The van der Waals surface area contributed by atoms with Crippen molar-refractivity contribution in [1.82, 2.24) is 14.7 Å². The molecule has 0 saturated carbocycles. The highest BCUT2D eigenvalue weighted by atomic mass is 16.4. The summed E-state index contributed by atoms with van der Waals surface area (Å²) < 4.78 is 7.15. The number of amides is 1. The van der Waals surface area contributed by atoms with Crippen molar-refractivity contribution in [2.45, 2.75) is 32.7 Å². The molecule has 1 atom stereocenters. The zero-order chi connectivity index (χ0) is 16.6. The van der Waals surface area contributed by atoms with Gasteiger partial charge in [-0.25, -0.2) is 4.79 Å². The summed E-state index contributed by atoms with van der Waals surface area (Å²) in [7, 11) is 0. The van der Waals surface area contributed by atoms with E-state index < -0.39 is 5.97 Å². The molecule has 2 aromatic rings. The summed E-state index contributed by atoms with van der Waals surface area (Å²) in [5.74, 6) is -0.0227. The predicted octanol–water partition coefficient (Wildman–Crippen LogP) is 2.27. The maximum atomic E-state index is 12.6. The second kappa shape index (κ2) is 5.91.